The molecule has 0 fully saturated rings. The van der Waals surface area contributed by atoms with Gasteiger partial charge in [-0.25, -0.2) is 14.0 Å². The predicted molar refractivity (Wildman–Crippen MR) is 142 cm³/mol. The van der Waals surface area contributed by atoms with E-state index in [1.54, 1.807) is 13.0 Å². The van der Waals surface area contributed by atoms with Gasteiger partial charge in [-0.1, -0.05) is 6.92 Å². The number of ether oxygens (including phenoxy) is 2. The molecule has 8 nitrogen and oxygen atoms in total. The van der Waals surface area contributed by atoms with Crippen molar-refractivity contribution >= 4 is 39.1 Å². The van der Waals surface area contributed by atoms with Crippen LogP contribution in [-0.4, -0.2) is 41.3 Å². The van der Waals surface area contributed by atoms with Gasteiger partial charge in [-0.2, -0.15) is 0 Å². The number of aromatic nitrogens is 1. The number of hydrogen-bond donors (Lipinski definition) is 1. The molecule has 1 aromatic carbocycles. The molecule has 0 radical (unpaired) electrons. The number of nitrogens with zero attached hydrogens (tertiary/aromatic N) is 2. The van der Waals surface area contributed by atoms with E-state index in [2.05, 4.69) is 15.9 Å². The average Bonchev–Trinajstić information content (AvgIpc) is 2.91. The molecule has 10 heteroatoms. The molecule has 1 aromatic heterocycles. The van der Waals surface area contributed by atoms with E-state index in [-0.39, 0.29) is 42.1 Å². The Kier molecular flexibility index (Phi) is 7.17. The molecule has 4 heterocycles. The van der Waals surface area contributed by atoms with Crippen molar-refractivity contribution in [1.29, 1.82) is 0 Å². The number of benzene rings is 1. The van der Waals surface area contributed by atoms with Crippen molar-refractivity contribution in [3.63, 3.8) is 0 Å². The number of anilines is 1. The molecule has 0 saturated carbocycles. The van der Waals surface area contributed by atoms with E-state index < -0.39 is 17.1 Å². The quantitative estimate of drug-likeness (QED) is 0.301. The van der Waals surface area contributed by atoms with E-state index in [1.807, 2.05) is 17.8 Å². The molecule has 0 saturated heterocycles. The number of fused-ring (bicyclic) bond motifs is 1. The van der Waals surface area contributed by atoms with Gasteiger partial charge in [0.25, 0.3) is 5.56 Å². The molecular formula is C28H28BrFN2O6. The Morgan fingerprint density at radius 1 is 1.29 bits per heavy atom. The number of carbonyl (C=O) groups is 1. The smallest absolute Gasteiger partial charge is 0.343 e. The minimum atomic E-state index is -1.87. The fraction of sp³-hybridized carbons (Fsp3) is 0.429. The molecule has 3 aliphatic rings. The van der Waals surface area contributed by atoms with Gasteiger partial charge in [0.1, 0.15) is 18.4 Å². The first-order chi connectivity index (χ1) is 18.3. The van der Waals surface area contributed by atoms with Crippen molar-refractivity contribution in [1.82, 2.24) is 4.57 Å². The summed E-state index contributed by atoms with van der Waals surface area (Å²) in [5.74, 6) is 0.830. The molecule has 0 amide bonds. The first kappa shape index (κ1) is 26.6. The number of halogens is 2. The summed E-state index contributed by atoms with van der Waals surface area (Å²) in [6, 6.07) is 2.97. The maximum Gasteiger partial charge on any atom is 0.343 e. The van der Waals surface area contributed by atoms with Gasteiger partial charge >= 0.3 is 5.97 Å². The molecular weight excluding hydrogens is 559 g/mol. The first-order valence-corrected chi connectivity index (χ1v) is 13.5. The van der Waals surface area contributed by atoms with Crippen molar-refractivity contribution in [3.8, 4) is 0 Å². The molecule has 2 aromatic rings. The van der Waals surface area contributed by atoms with Crippen LogP contribution < -0.4 is 10.5 Å². The fourth-order valence-electron chi connectivity index (χ4n) is 5.66. The van der Waals surface area contributed by atoms with Gasteiger partial charge in [-0.05, 0) is 71.8 Å². The molecule has 200 valence electrons. The minimum absolute atomic E-state index is 0.0714. The summed E-state index contributed by atoms with van der Waals surface area (Å²) in [4.78, 5) is 39.9. The van der Waals surface area contributed by atoms with Gasteiger partial charge in [0.15, 0.2) is 5.60 Å². The van der Waals surface area contributed by atoms with Crippen LogP contribution >= 0.6 is 15.9 Å². The Morgan fingerprint density at radius 3 is 2.79 bits per heavy atom. The SMILES string of the molecule is CCOCCc1c(F)cc2c3c1CCCN3C(Cn1ccc3c(c1=O)COC(=O)[C@]3(O)CC)=C(Br)C2=C=O. The summed E-state index contributed by atoms with van der Waals surface area (Å²) in [6.07, 6.45) is 3.45. The van der Waals surface area contributed by atoms with Crippen LogP contribution in [0.15, 0.2) is 33.3 Å². The monoisotopic (exact) mass is 586 g/mol. The molecule has 1 atom stereocenters. The van der Waals surface area contributed by atoms with E-state index in [4.69, 9.17) is 9.47 Å². The third-order valence-electron chi connectivity index (χ3n) is 7.64. The Bertz CT molecular complexity index is 1470. The van der Waals surface area contributed by atoms with E-state index in [0.717, 1.165) is 17.7 Å². The van der Waals surface area contributed by atoms with Crippen LogP contribution in [-0.2, 0) is 50.7 Å². The highest BCUT2D eigenvalue weighted by atomic mass is 79.9. The van der Waals surface area contributed by atoms with E-state index in [1.165, 1.54) is 16.8 Å². The molecule has 5 rings (SSSR count). The lowest BCUT2D eigenvalue weighted by Crippen LogP contribution is -2.44. The van der Waals surface area contributed by atoms with Crippen LogP contribution in [0.2, 0.25) is 0 Å². The summed E-state index contributed by atoms with van der Waals surface area (Å²) in [7, 11) is 0. The lowest BCUT2D eigenvalue weighted by atomic mass is 9.86. The predicted octanol–water partition coefficient (Wildman–Crippen LogP) is 3.51. The minimum Gasteiger partial charge on any atom is -0.458 e. The summed E-state index contributed by atoms with van der Waals surface area (Å²) in [5, 5.41) is 10.9. The number of pyridine rings is 1. The van der Waals surface area contributed by atoms with Crippen LogP contribution in [0.1, 0.15) is 54.5 Å². The van der Waals surface area contributed by atoms with Gasteiger partial charge in [0.05, 0.1) is 40.2 Å². The Labute approximate surface area is 227 Å². The Hall–Kier alpha value is -3.04. The van der Waals surface area contributed by atoms with Gasteiger partial charge in [0.2, 0.25) is 0 Å². The number of carbonyl (C=O) groups excluding carboxylic acids is 2. The van der Waals surface area contributed by atoms with Crippen LogP contribution in [0, 0.1) is 5.82 Å². The van der Waals surface area contributed by atoms with Gasteiger partial charge < -0.3 is 24.0 Å². The lowest BCUT2D eigenvalue weighted by molar-refractivity contribution is -0.172. The molecule has 0 unspecified atom stereocenters. The molecule has 0 spiro atoms. The highest BCUT2D eigenvalue weighted by Crippen LogP contribution is 2.48. The molecule has 3 aliphatic heterocycles. The van der Waals surface area contributed by atoms with Crippen molar-refractivity contribution in [2.24, 2.45) is 0 Å². The zero-order valence-corrected chi connectivity index (χ0v) is 22.8. The summed E-state index contributed by atoms with van der Waals surface area (Å²) in [6.45, 7) is 4.96. The number of hydrogen-bond acceptors (Lipinski definition) is 7. The Balaban J connectivity index is 1.60. The second kappa shape index (κ2) is 10.3. The number of rotatable bonds is 7. The van der Waals surface area contributed by atoms with Crippen LogP contribution in [0.3, 0.4) is 0 Å². The summed E-state index contributed by atoms with van der Waals surface area (Å²) < 4.78 is 27.8. The maximum absolute atomic E-state index is 15.3. The van der Waals surface area contributed by atoms with Crippen LogP contribution in [0.5, 0.6) is 0 Å². The number of esters is 1. The van der Waals surface area contributed by atoms with E-state index in [0.29, 0.717) is 53.9 Å². The van der Waals surface area contributed by atoms with Crippen molar-refractivity contribution in [3.05, 3.63) is 72.5 Å². The maximum atomic E-state index is 15.3. The van der Waals surface area contributed by atoms with Crippen molar-refractivity contribution in [2.45, 2.75) is 58.3 Å². The standard InChI is InChI=1S/C28H28BrFN2O6/c1-3-28(36)21-7-10-31(26(34)20(21)15-38-27(28)35)13-23-24(29)19(14-33)18-12-22(30)16(8-11-37-4-2)17-6-5-9-32(23)25(17)18/h7,10,12,36H,3-6,8-9,11,13,15H2,1-2H3/t28-/m0/s1. The van der Waals surface area contributed by atoms with Crippen LogP contribution in [0.4, 0.5) is 10.1 Å². The molecule has 0 bridgehead atoms. The zero-order chi connectivity index (χ0) is 27.2. The lowest BCUT2D eigenvalue weighted by Gasteiger charge is -2.40. The summed E-state index contributed by atoms with van der Waals surface area (Å²) in [5.41, 5.74) is 1.73. The normalized spacial score (nSPS) is 20.2. The first-order valence-electron chi connectivity index (χ1n) is 12.7. The van der Waals surface area contributed by atoms with Crippen LogP contribution in [0.25, 0.3) is 5.57 Å². The second-order valence-corrected chi connectivity index (χ2v) is 10.4. The Morgan fingerprint density at radius 2 is 2.08 bits per heavy atom. The highest BCUT2D eigenvalue weighted by molar-refractivity contribution is 9.12. The number of aliphatic hydroxyl groups is 1. The fourth-order valence-corrected chi connectivity index (χ4v) is 6.29. The van der Waals surface area contributed by atoms with E-state index >= 15 is 4.39 Å². The third kappa shape index (κ3) is 4.07. The molecule has 0 aliphatic carbocycles. The van der Waals surface area contributed by atoms with Gasteiger partial charge in [-0.3, -0.25) is 4.79 Å². The van der Waals surface area contributed by atoms with Gasteiger partial charge in [-0.15, -0.1) is 0 Å². The molecule has 1 N–H and O–H groups in total. The summed E-state index contributed by atoms with van der Waals surface area (Å²) >= 11 is 3.54. The number of allylic oxidation sites excluding steroid dienone is 3. The zero-order valence-electron chi connectivity index (χ0n) is 21.2. The highest BCUT2D eigenvalue weighted by Gasteiger charge is 2.44. The third-order valence-corrected chi connectivity index (χ3v) is 8.50. The average molecular weight is 587 g/mol. The number of cyclic esters (lactones) is 1. The molecule has 38 heavy (non-hydrogen) atoms. The van der Waals surface area contributed by atoms with Gasteiger partial charge in [0, 0.05) is 30.5 Å². The largest absolute Gasteiger partial charge is 0.458 e. The van der Waals surface area contributed by atoms with Crippen molar-refractivity contribution < 1.29 is 28.6 Å². The van der Waals surface area contributed by atoms with E-state index in [9.17, 15) is 19.5 Å². The van der Waals surface area contributed by atoms with Crippen molar-refractivity contribution in [2.75, 3.05) is 24.7 Å². The second-order valence-electron chi connectivity index (χ2n) is 9.58. The topological polar surface area (TPSA) is 98.1 Å².